The summed E-state index contributed by atoms with van der Waals surface area (Å²) < 4.78 is 10.6. The summed E-state index contributed by atoms with van der Waals surface area (Å²) in [5.74, 6) is 1.79. The number of methoxy groups -OCH3 is 2. The molecule has 0 aromatic heterocycles. The van der Waals surface area contributed by atoms with Crippen LogP contribution in [0.2, 0.25) is 0 Å². The van der Waals surface area contributed by atoms with E-state index in [0.29, 0.717) is 43.2 Å². The van der Waals surface area contributed by atoms with Crippen LogP contribution in [0.1, 0.15) is 49.7 Å². The Hall–Kier alpha value is -3.02. The average Bonchev–Trinajstić information content (AvgIpc) is 3.36. The van der Waals surface area contributed by atoms with Crippen LogP contribution >= 0.6 is 0 Å². The lowest BCUT2D eigenvalue weighted by molar-refractivity contribution is -0.129. The molecule has 33 heavy (non-hydrogen) atoms. The minimum absolute atomic E-state index is 0.0436. The molecule has 178 valence electrons. The van der Waals surface area contributed by atoms with E-state index in [1.807, 2.05) is 48.5 Å². The summed E-state index contributed by atoms with van der Waals surface area (Å²) in [5, 5.41) is 5.98. The molecule has 1 fully saturated rings. The van der Waals surface area contributed by atoms with E-state index in [2.05, 4.69) is 10.6 Å². The first kappa shape index (κ1) is 24.6. The van der Waals surface area contributed by atoms with E-state index in [9.17, 15) is 9.59 Å². The lowest BCUT2D eigenvalue weighted by Gasteiger charge is -2.19. The van der Waals surface area contributed by atoms with Crippen LogP contribution in [0.15, 0.2) is 48.5 Å². The summed E-state index contributed by atoms with van der Waals surface area (Å²) in [7, 11) is 3.21. The molecule has 1 saturated carbocycles. The summed E-state index contributed by atoms with van der Waals surface area (Å²) >= 11 is 0. The molecule has 6 heteroatoms. The van der Waals surface area contributed by atoms with Gasteiger partial charge in [-0.2, -0.15) is 0 Å². The monoisotopic (exact) mass is 452 g/mol. The van der Waals surface area contributed by atoms with Crippen molar-refractivity contribution in [3.05, 3.63) is 59.7 Å². The van der Waals surface area contributed by atoms with Gasteiger partial charge in [0.25, 0.3) is 0 Å². The summed E-state index contributed by atoms with van der Waals surface area (Å²) in [6.45, 7) is 0.470. The summed E-state index contributed by atoms with van der Waals surface area (Å²) in [6.07, 6.45) is 7.49. The van der Waals surface area contributed by atoms with Crippen LogP contribution in [0.25, 0.3) is 0 Å². The van der Waals surface area contributed by atoms with Crippen LogP contribution in [0.3, 0.4) is 0 Å². The van der Waals surface area contributed by atoms with Gasteiger partial charge in [0.15, 0.2) is 11.5 Å². The summed E-state index contributed by atoms with van der Waals surface area (Å²) in [6, 6.07) is 14.9. The molecular weight excluding hydrogens is 416 g/mol. The first-order valence-electron chi connectivity index (χ1n) is 11.9. The minimum Gasteiger partial charge on any atom is -0.493 e. The second kappa shape index (κ2) is 12.9. The number of carbonyl (C=O) groups excluding carboxylic acids is 2. The van der Waals surface area contributed by atoms with Crippen molar-refractivity contribution in [2.24, 2.45) is 5.92 Å². The van der Waals surface area contributed by atoms with Gasteiger partial charge in [0, 0.05) is 19.4 Å². The van der Waals surface area contributed by atoms with Gasteiger partial charge >= 0.3 is 0 Å². The molecule has 1 atom stereocenters. The molecule has 2 aromatic rings. The zero-order valence-corrected chi connectivity index (χ0v) is 19.8. The van der Waals surface area contributed by atoms with Gasteiger partial charge in [-0.25, -0.2) is 0 Å². The number of rotatable bonds is 12. The Morgan fingerprint density at radius 2 is 1.70 bits per heavy atom. The summed E-state index contributed by atoms with van der Waals surface area (Å²) in [4.78, 5) is 25.6. The van der Waals surface area contributed by atoms with Crippen LogP contribution in [-0.4, -0.2) is 38.6 Å². The zero-order valence-electron chi connectivity index (χ0n) is 19.8. The van der Waals surface area contributed by atoms with Crippen LogP contribution in [0, 0.1) is 5.92 Å². The standard InChI is InChI=1S/C27H36N2O4/c1-32-24-14-12-22(19-25(24)33-2)16-17-28-27(31)23(18-21-10-4-3-5-11-21)29-26(30)15-13-20-8-6-7-9-20/h3-5,10-12,14,19-20,23H,6-9,13,15-18H2,1-2H3,(H,28,31)(H,29,30). The van der Waals surface area contributed by atoms with Crippen molar-refractivity contribution in [2.75, 3.05) is 20.8 Å². The van der Waals surface area contributed by atoms with Gasteiger partial charge in [-0.05, 0) is 42.0 Å². The maximum Gasteiger partial charge on any atom is 0.242 e. The largest absolute Gasteiger partial charge is 0.493 e. The number of amides is 2. The fourth-order valence-corrected chi connectivity index (χ4v) is 4.45. The van der Waals surface area contributed by atoms with Gasteiger partial charge in [-0.1, -0.05) is 62.1 Å². The second-order valence-corrected chi connectivity index (χ2v) is 8.73. The number of hydrogen-bond donors (Lipinski definition) is 2. The van der Waals surface area contributed by atoms with Gasteiger partial charge in [0.1, 0.15) is 6.04 Å². The molecule has 0 bridgehead atoms. The number of nitrogens with one attached hydrogen (secondary N) is 2. The van der Waals surface area contributed by atoms with Crippen molar-refractivity contribution in [3.63, 3.8) is 0 Å². The lowest BCUT2D eigenvalue weighted by Crippen LogP contribution is -2.48. The molecule has 2 aromatic carbocycles. The predicted octanol–water partition coefficient (Wildman–Crippen LogP) is 4.06. The van der Waals surface area contributed by atoms with E-state index >= 15 is 0 Å². The van der Waals surface area contributed by atoms with Crippen molar-refractivity contribution < 1.29 is 19.1 Å². The van der Waals surface area contributed by atoms with E-state index in [1.54, 1.807) is 14.2 Å². The van der Waals surface area contributed by atoms with Crippen LogP contribution < -0.4 is 20.1 Å². The number of carbonyl (C=O) groups is 2. The van der Waals surface area contributed by atoms with Crippen molar-refractivity contribution in [3.8, 4) is 11.5 Å². The molecule has 0 heterocycles. The molecular formula is C27H36N2O4. The van der Waals surface area contributed by atoms with Gasteiger partial charge in [0.2, 0.25) is 11.8 Å². The highest BCUT2D eigenvalue weighted by Crippen LogP contribution is 2.29. The van der Waals surface area contributed by atoms with Crippen LogP contribution in [0.4, 0.5) is 0 Å². The molecule has 3 rings (SSSR count). The third kappa shape index (κ3) is 7.81. The van der Waals surface area contributed by atoms with E-state index in [1.165, 1.54) is 25.7 Å². The minimum atomic E-state index is -0.589. The Balaban J connectivity index is 1.55. The maximum atomic E-state index is 13.0. The quantitative estimate of drug-likeness (QED) is 0.509. The van der Waals surface area contributed by atoms with Gasteiger partial charge < -0.3 is 20.1 Å². The van der Waals surface area contributed by atoms with E-state index in [4.69, 9.17) is 9.47 Å². The molecule has 2 amide bonds. The highest BCUT2D eigenvalue weighted by Gasteiger charge is 2.22. The SMILES string of the molecule is COc1ccc(CCNC(=O)C(Cc2ccccc2)NC(=O)CCC2CCCC2)cc1OC. The fourth-order valence-electron chi connectivity index (χ4n) is 4.45. The number of hydrogen-bond acceptors (Lipinski definition) is 4. The molecule has 0 saturated heterocycles. The van der Waals surface area contributed by atoms with E-state index in [-0.39, 0.29) is 11.8 Å². The number of ether oxygens (including phenoxy) is 2. The average molecular weight is 453 g/mol. The molecule has 0 spiro atoms. The van der Waals surface area contributed by atoms with E-state index in [0.717, 1.165) is 17.5 Å². The Kier molecular flexibility index (Phi) is 9.60. The fraction of sp³-hybridized carbons (Fsp3) is 0.481. The predicted molar refractivity (Wildman–Crippen MR) is 130 cm³/mol. The first-order chi connectivity index (χ1) is 16.1. The molecule has 1 aliphatic carbocycles. The smallest absolute Gasteiger partial charge is 0.242 e. The highest BCUT2D eigenvalue weighted by molar-refractivity contribution is 5.87. The Bertz CT molecular complexity index is 894. The molecule has 6 nitrogen and oxygen atoms in total. The van der Waals surface area contributed by atoms with Crippen molar-refractivity contribution in [2.45, 2.75) is 57.4 Å². The first-order valence-corrected chi connectivity index (χ1v) is 11.9. The van der Waals surface area contributed by atoms with Crippen LogP contribution in [0.5, 0.6) is 11.5 Å². The topological polar surface area (TPSA) is 76.7 Å². The van der Waals surface area contributed by atoms with Gasteiger partial charge in [-0.15, -0.1) is 0 Å². The maximum absolute atomic E-state index is 13.0. The normalized spacial score (nSPS) is 14.5. The van der Waals surface area contributed by atoms with Crippen LogP contribution in [-0.2, 0) is 22.4 Å². The third-order valence-corrected chi connectivity index (χ3v) is 6.35. The Morgan fingerprint density at radius 3 is 2.39 bits per heavy atom. The van der Waals surface area contributed by atoms with Gasteiger partial charge in [-0.3, -0.25) is 9.59 Å². The van der Waals surface area contributed by atoms with E-state index < -0.39 is 6.04 Å². The zero-order chi connectivity index (χ0) is 23.5. The molecule has 1 unspecified atom stereocenters. The molecule has 0 aliphatic heterocycles. The van der Waals surface area contributed by atoms with Crippen molar-refractivity contribution >= 4 is 11.8 Å². The summed E-state index contributed by atoms with van der Waals surface area (Å²) in [5.41, 5.74) is 2.06. The lowest BCUT2D eigenvalue weighted by atomic mass is 10.0. The number of benzene rings is 2. The second-order valence-electron chi connectivity index (χ2n) is 8.73. The molecule has 0 radical (unpaired) electrons. The van der Waals surface area contributed by atoms with Gasteiger partial charge in [0.05, 0.1) is 14.2 Å². The highest BCUT2D eigenvalue weighted by atomic mass is 16.5. The Labute approximate surface area is 197 Å². The Morgan fingerprint density at radius 1 is 0.970 bits per heavy atom. The van der Waals surface area contributed by atoms with Crippen molar-refractivity contribution in [1.82, 2.24) is 10.6 Å². The molecule has 1 aliphatic rings. The third-order valence-electron chi connectivity index (χ3n) is 6.35. The van der Waals surface area contributed by atoms with Crippen molar-refractivity contribution in [1.29, 1.82) is 0 Å². The molecule has 2 N–H and O–H groups in total.